The van der Waals surface area contributed by atoms with E-state index in [0.29, 0.717) is 49.3 Å². The first-order valence-corrected chi connectivity index (χ1v) is 14.8. The largest absolute Gasteiger partial charge is 0.393 e. The molecule has 35 heavy (non-hydrogen) atoms. The van der Waals surface area contributed by atoms with Crippen molar-refractivity contribution in [3.63, 3.8) is 0 Å². The van der Waals surface area contributed by atoms with Crippen molar-refractivity contribution >= 4 is 11.8 Å². The summed E-state index contributed by atoms with van der Waals surface area (Å²) >= 11 is 0. The zero-order chi connectivity index (χ0) is 25.0. The monoisotopic (exact) mass is 486 g/mol. The van der Waals surface area contributed by atoms with Crippen LogP contribution in [-0.2, 0) is 9.59 Å². The van der Waals surface area contributed by atoms with Crippen LogP contribution in [0.25, 0.3) is 0 Å². The van der Waals surface area contributed by atoms with Crippen molar-refractivity contribution < 1.29 is 14.7 Å². The molecule has 0 bridgehead atoms. The molecule has 0 aromatic heterocycles. The smallest absolute Gasteiger partial charge is 0.222 e. The van der Waals surface area contributed by atoms with Gasteiger partial charge >= 0.3 is 0 Å². The number of hydrogen-bond acceptors (Lipinski definition) is 3. The van der Waals surface area contributed by atoms with E-state index in [1.165, 1.54) is 44.9 Å². The van der Waals surface area contributed by atoms with Crippen LogP contribution in [0.2, 0.25) is 0 Å². The second-order valence-corrected chi connectivity index (χ2v) is 13.7. The quantitative estimate of drug-likeness (QED) is 0.600. The number of rotatable bonds is 4. The molecule has 9 atom stereocenters. The SMILES string of the molecule is CC(=O)N1CCN(C(=O)CCC(C)[C@H]2CC[C@H]3[C@@H]4CC[C@H]5C[C@@H](O)CC[C@]5(C)[C@H]4CC[C@]23C)CC1. The Kier molecular flexibility index (Phi) is 7.04. The molecule has 5 heteroatoms. The van der Waals surface area contributed by atoms with E-state index in [1.807, 2.05) is 9.80 Å². The van der Waals surface area contributed by atoms with Crippen LogP contribution >= 0.6 is 0 Å². The molecule has 198 valence electrons. The van der Waals surface area contributed by atoms with Crippen LogP contribution in [0.15, 0.2) is 0 Å². The van der Waals surface area contributed by atoms with Crippen LogP contribution in [-0.4, -0.2) is 59.0 Å². The van der Waals surface area contributed by atoms with Gasteiger partial charge in [-0.05, 0) is 111 Å². The van der Waals surface area contributed by atoms with Gasteiger partial charge in [0, 0.05) is 39.5 Å². The molecule has 1 heterocycles. The molecule has 0 radical (unpaired) electrons. The number of aliphatic hydroxyl groups is 1. The van der Waals surface area contributed by atoms with Gasteiger partial charge in [-0.3, -0.25) is 9.59 Å². The first-order chi connectivity index (χ1) is 16.6. The van der Waals surface area contributed by atoms with Gasteiger partial charge in [-0.15, -0.1) is 0 Å². The highest BCUT2D eigenvalue weighted by atomic mass is 16.3. The van der Waals surface area contributed by atoms with E-state index in [9.17, 15) is 14.7 Å². The lowest BCUT2D eigenvalue weighted by Gasteiger charge is -2.61. The van der Waals surface area contributed by atoms with Gasteiger partial charge in [0.25, 0.3) is 0 Å². The number of amides is 2. The summed E-state index contributed by atoms with van der Waals surface area (Å²) in [5, 5.41) is 10.3. The van der Waals surface area contributed by atoms with Crippen molar-refractivity contribution in [2.75, 3.05) is 26.2 Å². The number of carbonyl (C=O) groups is 2. The zero-order valence-electron chi connectivity index (χ0n) is 22.8. The van der Waals surface area contributed by atoms with E-state index >= 15 is 0 Å². The van der Waals surface area contributed by atoms with E-state index in [4.69, 9.17) is 0 Å². The minimum Gasteiger partial charge on any atom is -0.393 e. The minimum absolute atomic E-state index is 0.0593. The Morgan fingerprint density at radius 2 is 1.54 bits per heavy atom. The highest BCUT2D eigenvalue weighted by molar-refractivity contribution is 5.77. The Hall–Kier alpha value is -1.10. The molecule has 5 rings (SSSR count). The predicted molar refractivity (Wildman–Crippen MR) is 138 cm³/mol. The molecule has 0 spiro atoms. The van der Waals surface area contributed by atoms with Crippen molar-refractivity contribution in [2.45, 2.75) is 104 Å². The molecule has 1 aliphatic heterocycles. The molecule has 4 saturated carbocycles. The Balaban J connectivity index is 1.18. The van der Waals surface area contributed by atoms with Crippen molar-refractivity contribution in [3.8, 4) is 0 Å². The first-order valence-electron chi connectivity index (χ1n) is 14.8. The summed E-state index contributed by atoms with van der Waals surface area (Å²) in [7, 11) is 0. The van der Waals surface area contributed by atoms with Crippen molar-refractivity contribution in [2.24, 2.45) is 46.3 Å². The maximum atomic E-state index is 12.9. The zero-order valence-corrected chi connectivity index (χ0v) is 22.8. The summed E-state index contributed by atoms with van der Waals surface area (Å²) < 4.78 is 0. The van der Waals surface area contributed by atoms with Crippen LogP contribution in [0.4, 0.5) is 0 Å². The number of hydrogen-bond donors (Lipinski definition) is 1. The maximum absolute atomic E-state index is 12.9. The average Bonchev–Trinajstić information content (AvgIpc) is 3.20. The average molecular weight is 487 g/mol. The van der Waals surface area contributed by atoms with Gasteiger partial charge in [0.05, 0.1) is 6.10 Å². The molecule has 0 aromatic carbocycles. The van der Waals surface area contributed by atoms with Gasteiger partial charge in [0.2, 0.25) is 11.8 Å². The van der Waals surface area contributed by atoms with Gasteiger partial charge < -0.3 is 14.9 Å². The third-order valence-corrected chi connectivity index (χ3v) is 12.3. The molecular weight excluding hydrogens is 436 g/mol. The number of carbonyl (C=O) groups excluding carboxylic acids is 2. The normalized spacial score (nSPS) is 44.3. The molecule has 5 aliphatic rings. The Labute approximate surface area is 213 Å². The van der Waals surface area contributed by atoms with E-state index in [2.05, 4.69) is 20.8 Å². The lowest BCUT2D eigenvalue weighted by Crippen LogP contribution is -2.54. The molecule has 5 fully saturated rings. The third kappa shape index (κ3) is 4.46. The fraction of sp³-hybridized carbons (Fsp3) is 0.933. The lowest BCUT2D eigenvalue weighted by atomic mass is 9.44. The Bertz CT molecular complexity index is 807. The number of aliphatic hydroxyl groups excluding tert-OH is 1. The molecule has 5 nitrogen and oxygen atoms in total. The van der Waals surface area contributed by atoms with Crippen LogP contribution in [0.1, 0.15) is 98.3 Å². The molecule has 0 aromatic rings. The minimum atomic E-state index is -0.0593. The van der Waals surface area contributed by atoms with Crippen LogP contribution in [0.3, 0.4) is 0 Å². The summed E-state index contributed by atoms with van der Waals surface area (Å²) in [6.45, 7) is 12.0. The Morgan fingerprint density at radius 3 is 2.26 bits per heavy atom. The van der Waals surface area contributed by atoms with Gasteiger partial charge in [-0.1, -0.05) is 20.8 Å². The summed E-state index contributed by atoms with van der Waals surface area (Å²) in [4.78, 5) is 28.4. The topological polar surface area (TPSA) is 60.9 Å². The maximum Gasteiger partial charge on any atom is 0.222 e. The summed E-state index contributed by atoms with van der Waals surface area (Å²) in [6, 6.07) is 0. The number of piperazine rings is 1. The highest BCUT2D eigenvalue weighted by Crippen LogP contribution is 2.68. The van der Waals surface area contributed by atoms with E-state index < -0.39 is 0 Å². The number of fused-ring (bicyclic) bond motifs is 5. The van der Waals surface area contributed by atoms with E-state index in [1.54, 1.807) is 6.92 Å². The standard InChI is InChI=1S/C30H50N2O3/c1-20(5-10-28(35)32-17-15-31(16-18-32)21(2)33)25-8-9-26-24-7-6-22-19-23(34)11-13-29(22,3)27(24)12-14-30(25,26)4/h20,22-27,34H,5-19H2,1-4H3/t20?,22-,23-,24-,25+,26-,27-,29-,30+/m0/s1. The molecule has 4 aliphatic carbocycles. The van der Waals surface area contributed by atoms with Gasteiger partial charge in [-0.2, -0.15) is 0 Å². The Morgan fingerprint density at radius 1 is 0.886 bits per heavy atom. The predicted octanol–water partition coefficient (Wildman–Crippen LogP) is 5.11. The van der Waals surface area contributed by atoms with Crippen LogP contribution < -0.4 is 0 Å². The second kappa shape index (κ2) is 9.65. The number of nitrogens with zero attached hydrogens (tertiary/aromatic N) is 2. The van der Waals surface area contributed by atoms with E-state index in [0.717, 1.165) is 48.9 Å². The van der Waals surface area contributed by atoms with Crippen LogP contribution in [0.5, 0.6) is 0 Å². The third-order valence-electron chi connectivity index (χ3n) is 12.3. The molecule has 2 amide bonds. The van der Waals surface area contributed by atoms with Crippen molar-refractivity contribution in [1.29, 1.82) is 0 Å². The fourth-order valence-corrected chi connectivity index (χ4v) is 10.2. The highest BCUT2D eigenvalue weighted by Gasteiger charge is 2.60. The molecular formula is C30H50N2O3. The molecule has 1 N–H and O–H groups in total. The molecule has 1 unspecified atom stereocenters. The fourth-order valence-electron chi connectivity index (χ4n) is 10.2. The summed E-state index contributed by atoms with van der Waals surface area (Å²) in [5.74, 6) is 5.07. The van der Waals surface area contributed by atoms with Gasteiger partial charge in [0.15, 0.2) is 0 Å². The summed E-state index contributed by atoms with van der Waals surface area (Å²) in [5.41, 5.74) is 0.889. The van der Waals surface area contributed by atoms with Crippen molar-refractivity contribution in [3.05, 3.63) is 0 Å². The van der Waals surface area contributed by atoms with E-state index in [-0.39, 0.29) is 17.9 Å². The first kappa shape index (κ1) is 25.5. The molecule has 1 saturated heterocycles. The second-order valence-electron chi connectivity index (χ2n) is 13.7. The van der Waals surface area contributed by atoms with Crippen LogP contribution in [0, 0.1) is 46.3 Å². The van der Waals surface area contributed by atoms with Gasteiger partial charge in [0.1, 0.15) is 0 Å². The lowest BCUT2D eigenvalue weighted by molar-refractivity contribution is -0.139. The van der Waals surface area contributed by atoms with Gasteiger partial charge in [-0.25, -0.2) is 0 Å². The van der Waals surface area contributed by atoms with Crippen molar-refractivity contribution in [1.82, 2.24) is 9.80 Å². The summed E-state index contributed by atoms with van der Waals surface area (Å²) in [6.07, 6.45) is 13.1.